The molecule has 0 amide bonds. The first-order valence-electron chi connectivity index (χ1n) is 10.0. The number of hydrogen-bond acceptors (Lipinski definition) is 1. The lowest BCUT2D eigenvalue weighted by molar-refractivity contribution is 1.11. The van der Waals surface area contributed by atoms with E-state index in [1.807, 2.05) is 6.20 Å². The Hall–Kier alpha value is -3.48. The summed E-state index contributed by atoms with van der Waals surface area (Å²) in [6, 6.07) is 42.5. The van der Waals surface area contributed by atoms with Gasteiger partial charge in [0.25, 0.3) is 0 Å². The number of para-hydroxylation sites is 1. The first kappa shape index (κ1) is 18.5. The summed E-state index contributed by atoms with van der Waals surface area (Å²) in [5, 5.41) is 2.59. The highest BCUT2D eigenvalue weighted by Gasteiger charge is 2.24. The minimum atomic E-state index is -0.808. The Balaban J connectivity index is 1.78. The summed E-state index contributed by atoms with van der Waals surface area (Å²) in [5.74, 6) is 0. The van der Waals surface area contributed by atoms with E-state index in [0.29, 0.717) is 0 Å². The van der Waals surface area contributed by atoms with Crippen LogP contribution in [0.2, 0.25) is 0 Å². The molecule has 0 radical (unpaired) electrons. The third-order valence-electron chi connectivity index (χ3n) is 5.06. The number of imidazole rings is 1. The van der Waals surface area contributed by atoms with E-state index in [2.05, 4.69) is 126 Å². The van der Waals surface area contributed by atoms with Crippen LogP contribution in [-0.4, -0.2) is 9.55 Å². The van der Waals surface area contributed by atoms with Crippen LogP contribution in [-0.2, 0) is 0 Å². The van der Waals surface area contributed by atoms with Crippen molar-refractivity contribution in [2.45, 2.75) is 0 Å². The lowest BCUT2D eigenvalue weighted by Crippen LogP contribution is -2.27. The average Bonchev–Trinajstić information content (AvgIpc) is 3.26. The lowest BCUT2D eigenvalue weighted by atomic mass is 10.1. The maximum absolute atomic E-state index is 5.01. The molecule has 2 nitrogen and oxygen atoms in total. The van der Waals surface area contributed by atoms with Crippen molar-refractivity contribution in [3.8, 4) is 16.9 Å². The molecule has 0 fully saturated rings. The van der Waals surface area contributed by atoms with Crippen LogP contribution < -0.4 is 16.2 Å². The Morgan fingerprint density at radius 1 is 0.533 bits per heavy atom. The smallest absolute Gasteiger partial charge is 0.145 e. The molecule has 144 valence electrons. The molecule has 0 saturated carbocycles. The van der Waals surface area contributed by atoms with Crippen LogP contribution in [0, 0.1) is 0 Å². The van der Waals surface area contributed by atoms with Gasteiger partial charge in [0.05, 0.1) is 11.9 Å². The van der Waals surface area contributed by atoms with Crippen LogP contribution in [0.1, 0.15) is 0 Å². The van der Waals surface area contributed by atoms with Crippen molar-refractivity contribution in [2.75, 3.05) is 0 Å². The average molecular weight is 404 g/mol. The van der Waals surface area contributed by atoms with Gasteiger partial charge in [-0.05, 0) is 22.7 Å². The van der Waals surface area contributed by atoms with E-state index in [1.54, 1.807) is 0 Å². The fourth-order valence-corrected chi connectivity index (χ4v) is 5.98. The Morgan fingerprint density at radius 2 is 1.00 bits per heavy atom. The summed E-state index contributed by atoms with van der Waals surface area (Å²) >= 11 is 0. The van der Waals surface area contributed by atoms with Gasteiger partial charge in [0.15, 0.2) is 0 Å². The first-order valence-corrected chi connectivity index (χ1v) is 11.3. The van der Waals surface area contributed by atoms with E-state index >= 15 is 0 Å². The second-order valence-electron chi connectivity index (χ2n) is 6.99. The van der Waals surface area contributed by atoms with Gasteiger partial charge in [0.1, 0.15) is 5.57 Å². The van der Waals surface area contributed by atoms with E-state index < -0.39 is 7.92 Å². The summed E-state index contributed by atoms with van der Waals surface area (Å²) in [4.78, 5) is 5.01. The van der Waals surface area contributed by atoms with E-state index in [-0.39, 0.29) is 0 Å². The molecule has 4 aromatic carbocycles. The lowest BCUT2D eigenvalue weighted by Gasteiger charge is -2.21. The zero-order chi connectivity index (χ0) is 20.2. The standard InChI is InChI=1S/C27H21N2P/c1-5-13-22(14-6-1)26-21-28-27(29(26)23-15-7-2-8-16-23)30(24-17-9-3-10-18-24)25-19-11-4-12-20-25/h1-21H. The third-order valence-corrected chi connectivity index (χ3v) is 7.40. The normalized spacial score (nSPS) is 11.0. The molecule has 3 heteroatoms. The molecule has 0 unspecified atom stereocenters. The van der Waals surface area contributed by atoms with Crippen LogP contribution in [0.15, 0.2) is 128 Å². The molecule has 0 aliphatic carbocycles. The van der Waals surface area contributed by atoms with Crippen molar-refractivity contribution in [1.29, 1.82) is 0 Å². The molecule has 0 aliphatic heterocycles. The summed E-state index contributed by atoms with van der Waals surface area (Å²) in [6.07, 6.45) is 2.01. The maximum atomic E-state index is 5.01. The zero-order valence-corrected chi connectivity index (χ0v) is 17.4. The van der Waals surface area contributed by atoms with Crippen molar-refractivity contribution >= 4 is 24.1 Å². The first-order chi connectivity index (χ1) is 14.9. The summed E-state index contributed by atoms with van der Waals surface area (Å²) in [7, 11) is -0.808. The number of benzene rings is 4. The largest absolute Gasteiger partial charge is 0.292 e. The fraction of sp³-hybridized carbons (Fsp3) is 0. The summed E-state index contributed by atoms with van der Waals surface area (Å²) in [6.45, 7) is 0. The number of hydrogen-bond donors (Lipinski definition) is 0. The van der Waals surface area contributed by atoms with Crippen molar-refractivity contribution in [2.24, 2.45) is 0 Å². The third kappa shape index (κ3) is 3.58. The maximum Gasteiger partial charge on any atom is 0.145 e. The van der Waals surface area contributed by atoms with E-state index in [4.69, 9.17) is 4.98 Å². The molecule has 5 aromatic rings. The van der Waals surface area contributed by atoms with Crippen molar-refractivity contribution in [3.63, 3.8) is 0 Å². The van der Waals surface area contributed by atoms with Crippen molar-refractivity contribution < 1.29 is 0 Å². The second-order valence-corrected chi connectivity index (χ2v) is 9.09. The van der Waals surface area contributed by atoms with Gasteiger partial charge in [-0.2, -0.15) is 0 Å². The van der Waals surface area contributed by atoms with Gasteiger partial charge < -0.3 is 0 Å². The van der Waals surface area contributed by atoms with Crippen molar-refractivity contribution in [3.05, 3.63) is 128 Å². The summed E-state index contributed by atoms with van der Waals surface area (Å²) < 4.78 is 2.32. The quantitative estimate of drug-likeness (QED) is 0.364. The minimum Gasteiger partial charge on any atom is -0.292 e. The summed E-state index contributed by atoms with van der Waals surface area (Å²) in [5.41, 5.74) is 4.48. The van der Waals surface area contributed by atoms with Crippen LogP contribution in [0.5, 0.6) is 0 Å². The van der Waals surface area contributed by atoms with Gasteiger partial charge in [-0.15, -0.1) is 0 Å². The van der Waals surface area contributed by atoms with E-state index in [1.165, 1.54) is 10.6 Å². The Labute approximate surface area is 178 Å². The van der Waals surface area contributed by atoms with Gasteiger partial charge in [-0.25, -0.2) is 4.98 Å². The topological polar surface area (TPSA) is 17.8 Å². The molecule has 0 atom stereocenters. The van der Waals surface area contributed by atoms with Crippen LogP contribution >= 0.6 is 7.92 Å². The molecule has 30 heavy (non-hydrogen) atoms. The highest BCUT2D eigenvalue weighted by Crippen LogP contribution is 2.35. The highest BCUT2D eigenvalue weighted by molar-refractivity contribution is 7.79. The monoisotopic (exact) mass is 404 g/mol. The number of nitrogens with zero attached hydrogens (tertiary/aromatic N) is 2. The van der Waals surface area contributed by atoms with Crippen LogP contribution in [0.4, 0.5) is 0 Å². The zero-order valence-electron chi connectivity index (χ0n) is 16.5. The molecule has 0 spiro atoms. The Morgan fingerprint density at radius 3 is 1.53 bits per heavy atom. The van der Waals surface area contributed by atoms with E-state index in [9.17, 15) is 0 Å². The second kappa shape index (κ2) is 8.49. The van der Waals surface area contributed by atoms with E-state index in [0.717, 1.165) is 22.5 Å². The number of aromatic nitrogens is 2. The van der Waals surface area contributed by atoms with Gasteiger partial charge in [-0.3, -0.25) is 4.57 Å². The van der Waals surface area contributed by atoms with Crippen LogP contribution in [0.3, 0.4) is 0 Å². The minimum absolute atomic E-state index is 0.808. The SMILES string of the molecule is c1ccc(-c2cnc(P(c3ccccc3)c3ccccc3)n2-c2ccccc2)cc1. The predicted octanol–water partition coefficient (Wildman–Crippen LogP) is 5.30. The molecular weight excluding hydrogens is 383 g/mol. The Bertz CT molecular complexity index is 1180. The number of rotatable bonds is 5. The van der Waals surface area contributed by atoms with Gasteiger partial charge in [0.2, 0.25) is 0 Å². The molecule has 5 rings (SSSR count). The van der Waals surface area contributed by atoms with Crippen LogP contribution in [0.25, 0.3) is 16.9 Å². The van der Waals surface area contributed by atoms with Crippen molar-refractivity contribution in [1.82, 2.24) is 9.55 Å². The Kier molecular flexibility index (Phi) is 5.25. The van der Waals surface area contributed by atoms with Gasteiger partial charge >= 0.3 is 0 Å². The molecule has 0 bridgehead atoms. The fourth-order valence-electron chi connectivity index (χ4n) is 3.68. The molecule has 1 aromatic heterocycles. The molecule has 0 N–H and O–H groups in total. The van der Waals surface area contributed by atoms with Gasteiger partial charge in [-0.1, -0.05) is 109 Å². The highest BCUT2D eigenvalue weighted by atomic mass is 31.1. The molecule has 0 aliphatic rings. The molecule has 1 heterocycles. The molecular formula is C27H21N2P. The van der Waals surface area contributed by atoms with Gasteiger partial charge in [0, 0.05) is 19.2 Å². The molecule has 0 saturated heterocycles. The predicted molar refractivity (Wildman–Crippen MR) is 128 cm³/mol.